The van der Waals surface area contributed by atoms with Gasteiger partial charge in [-0.1, -0.05) is 35.9 Å². The van der Waals surface area contributed by atoms with E-state index in [1.807, 2.05) is 18.2 Å². The number of nitrogens with two attached hydrogens (primary N) is 1. The first-order valence-electron chi connectivity index (χ1n) is 5.55. The first kappa shape index (κ1) is 9.90. The van der Waals surface area contributed by atoms with Gasteiger partial charge < -0.3 is 10.7 Å². The maximum Gasteiger partial charge on any atom is 0.138 e. The van der Waals surface area contributed by atoms with Gasteiger partial charge in [-0.3, -0.25) is 0 Å². The minimum absolute atomic E-state index is 0.706. The van der Waals surface area contributed by atoms with Gasteiger partial charge >= 0.3 is 0 Å². The lowest BCUT2D eigenvalue weighted by Gasteiger charge is -1.96. The predicted molar refractivity (Wildman–Crippen MR) is 70.7 cm³/mol. The molecule has 0 bridgehead atoms. The Morgan fingerprint density at radius 3 is 2.53 bits per heavy atom. The van der Waals surface area contributed by atoms with Crippen molar-refractivity contribution >= 4 is 16.7 Å². The number of rotatable bonds is 1. The van der Waals surface area contributed by atoms with Crippen LogP contribution in [0.15, 0.2) is 42.5 Å². The van der Waals surface area contributed by atoms with Crippen LogP contribution in [0.2, 0.25) is 0 Å². The molecule has 0 saturated carbocycles. The van der Waals surface area contributed by atoms with E-state index in [2.05, 4.69) is 41.2 Å². The molecule has 84 valence electrons. The number of aromatic nitrogens is 2. The highest BCUT2D eigenvalue weighted by atomic mass is 14.9. The van der Waals surface area contributed by atoms with Crippen LogP contribution in [0.3, 0.4) is 0 Å². The molecule has 0 amide bonds. The molecule has 0 saturated heterocycles. The Kier molecular flexibility index (Phi) is 2.11. The highest BCUT2D eigenvalue weighted by molar-refractivity contribution is 5.89. The summed E-state index contributed by atoms with van der Waals surface area (Å²) in [7, 11) is 0. The molecule has 0 unspecified atom stereocenters. The van der Waals surface area contributed by atoms with E-state index < -0.39 is 0 Å². The first-order chi connectivity index (χ1) is 8.24. The molecule has 3 nitrogen and oxygen atoms in total. The standard InChI is InChI=1S/C14H13N3/c1-9-5-7-10(8-6-9)14-16-12-4-2-3-11(15)13(12)17-14/h2-8H,15H2,1H3,(H,16,17). The summed E-state index contributed by atoms with van der Waals surface area (Å²) in [6, 6.07) is 14.0. The van der Waals surface area contributed by atoms with Crippen molar-refractivity contribution in [3.8, 4) is 11.4 Å². The van der Waals surface area contributed by atoms with Crippen molar-refractivity contribution in [1.29, 1.82) is 0 Å². The Bertz CT molecular complexity index is 666. The largest absolute Gasteiger partial charge is 0.397 e. The van der Waals surface area contributed by atoms with Crippen LogP contribution in [0.4, 0.5) is 5.69 Å². The van der Waals surface area contributed by atoms with E-state index in [1.165, 1.54) is 5.56 Å². The minimum Gasteiger partial charge on any atom is -0.397 e. The number of aryl methyl sites for hydroxylation is 1. The number of anilines is 1. The molecule has 3 heteroatoms. The van der Waals surface area contributed by atoms with Gasteiger partial charge in [0, 0.05) is 5.56 Å². The van der Waals surface area contributed by atoms with Gasteiger partial charge in [-0.2, -0.15) is 0 Å². The smallest absolute Gasteiger partial charge is 0.138 e. The number of nitrogen functional groups attached to an aromatic ring is 1. The number of imidazole rings is 1. The van der Waals surface area contributed by atoms with Gasteiger partial charge in [-0.15, -0.1) is 0 Å². The fourth-order valence-corrected chi connectivity index (χ4v) is 1.90. The molecule has 3 aromatic rings. The summed E-state index contributed by atoms with van der Waals surface area (Å²) in [6.45, 7) is 2.07. The van der Waals surface area contributed by atoms with Crippen LogP contribution in [0.1, 0.15) is 5.56 Å². The van der Waals surface area contributed by atoms with Crippen molar-refractivity contribution < 1.29 is 0 Å². The van der Waals surface area contributed by atoms with Gasteiger partial charge in [0.1, 0.15) is 11.3 Å². The average molecular weight is 223 g/mol. The Morgan fingerprint density at radius 2 is 1.82 bits per heavy atom. The van der Waals surface area contributed by atoms with E-state index in [0.29, 0.717) is 5.69 Å². The fraction of sp³-hybridized carbons (Fsp3) is 0.0714. The molecule has 1 aromatic heterocycles. The third kappa shape index (κ3) is 1.65. The van der Waals surface area contributed by atoms with Crippen LogP contribution in [0, 0.1) is 6.92 Å². The molecule has 0 radical (unpaired) electrons. The molecule has 3 rings (SSSR count). The molecule has 0 fully saturated rings. The van der Waals surface area contributed by atoms with Crippen LogP contribution in [-0.2, 0) is 0 Å². The minimum atomic E-state index is 0.706. The second-order valence-corrected chi connectivity index (χ2v) is 4.19. The highest BCUT2D eigenvalue weighted by Crippen LogP contribution is 2.23. The van der Waals surface area contributed by atoms with E-state index in [9.17, 15) is 0 Å². The number of fused-ring (bicyclic) bond motifs is 1. The Hall–Kier alpha value is -2.29. The van der Waals surface area contributed by atoms with Crippen molar-refractivity contribution in [2.75, 3.05) is 5.73 Å². The number of H-pyrrole nitrogens is 1. The second-order valence-electron chi connectivity index (χ2n) is 4.19. The van der Waals surface area contributed by atoms with Crippen molar-refractivity contribution in [3.63, 3.8) is 0 Å². The predicted octanol–water partition coefficient (Wildman–Crippen LogP) is 3.12. The topological polar surface area (TPSA) is 54.7 Å². The summed E-state index contributed by atoms with van der Waals surface area (Å²) in [5, 5.41) is 0. The summed E-state index contributed by atoms with van der Waals surface area (Å²) in [5.41, 5.74) is 10.7. The molecular formula is C14H13N3. The van der Waals surface area contributed by atoms with Crippen LogP contribution in [0.25, 0.3) is 22.4 Å². The van der Waals surface area contributed by atoms with Gasteiger partial charge in [-0.25, -0.2) is 4.98 Å². The average Bonchev–Trinajstić information content (AvgIpc) is 2.75. The Balaban J connectivity index is 2.18. The zero-order valence-electron chi connectivity index (χ0n) is 9.57. The summed E-state index contributed by atoms with van der Waals surface area (Å²) in [6.07, 6.45) is 0. The summed E-state index contributed by atoms with van der Waals surface area (Å²) in [5.74, 6) is 0.859. The molecule has 0 aliphatic carbocycles. The third-order valence-electron chi connectivity index (χ3n) is 2.87. The molecule has 17 heavy (non-hydrogen) atoms. The zero-order chi connectivity index (χ0) is 11.8. The quantitative estimate of drug-likeness (QED) is 0.623. The molecule has 0 aliphatic rings. The molecule has 3 N–H and O–H groups in total. The number of hydrogen-bond acceptors (Lipinski definition) is 2. The number of hydrogen-bond donors (Lipinski definition) is 2. The highest BCUT2D eigenvalue weighted by Gasteiger charge is 2.06. The normalized spacial score (nSPS) is 10.9. The second kappa shape index (κ2) is 3.63. The molecule has 1 heterocycles. The van der Waals surface area contributed by atoms with Crippen molar-refractivity contribution in [3.05, 3.63) is 48.0 Å². The number of nitrogens with zero attached hydrogens (tertiary/aromatic N) is 1. The van der Waals surface area contributed by atoms with Crippen molar-refractivity contribution in [2.24, 2.45) is 0 Å². The van der Waals surface area contributed by atoms with Crippen LogP contribution in [-0.4, -0.2) is 9.97 Å². The third-order valence-corrected chi connectivity index (χ3v) is 2.87. The Morgan fingerprint density at radius 1 is 1.06 bits per heavy atom. The maximum atomic E-state index is 5.89. The molecule has 0 spiro atoms. The van der Waals surface area contributed by atoms with E-state index in [-0.39, 0.29) is 0 Å². The van der Waals surface area contributed by atoms with E-state index >= 15 is 0 Å². The maximum absolute atomic E-state index is 5.89. The summed E-state index contributed by atoms with van der Waals surface area (Å²) in [4.78, 5) is 7.81. The number of nitrogens with one attached hydrogen (secondary N) is 1. The lowest BCUT2D eigenvalue weighted by molar-refractivity contribution is 1.33. The van der Waals surface area contributed by atoms with E-state index in [0.717, 1.165) is 22.4 Å². The summed E-state index contributed by atoms with van der Waals surface area (Å²) >= 11 is 0. The monoisotopic (exact) mass is 223 g/mol. The number of benzene rings is 2. The molecular weight excluding hydrogens is 210 g/mol. The lowest BCUT2D eigenvalue weighted by atomic mass is 10.1. The lowest BCUT2D eigenvalue weighted by Crippen LogP contribution is -1.85. The fourth-order valence-electron chi connectivity index (χ4n) is 1.90. The number of aromatic amines is 1. The van der Waals surface area contributed by atoms with E-state index in [1.54, 1.807) is 0 Å². The van der Waals surface area contributed by atoms with Gasteiger partial charge in [0.2, 0.25) is 0 Å². The van der Waals surface area contributed by atoms with Gasteiger partial charge in [0.15, 0.2) is 0 Å². The van der Waals surface area contributed by atoms with Crippen molar-refractivity contribution in [2.45, 2.75) is 6.92 Å². The van der Waals surface area contributed by atoms with E-state index in [4.69, 9.17) is 5.73 Å². The van der Waals surface area contributed by atoms with Gasteiger partial charge in [-0.05, 0) is 19.1 Å². The van der Waals surface area contributed by atoms with Gasteiger partial charge in [0.05, 0.1) is 11.2 Å². The van der Waals surface area contributed by atoms with Gasteiger partial charge in [0.25, 0.3) is 0 Å². The Labute approximate surface area is 99.3 Å². The van der Waals surface area contributed by atoms with Crippen LogP contribution >= 0.6 is 0 Å². The molecule has 0 aliphatic heterocycles. The zero-order valence-corrected chi connectivity index (χ0v) is 9.57. The van der Waals surface area contributed by atoms with Crippen molar-refractivity contribution in [1.82, 2.24) is 9.97 Å². The number of para-hydroxylation sites is 1. The summed E-state index contributed by atoms with van der Waals surface area (Å²) < 4.78 is 0. The first-order valence-corrected chi connectivity index (χ1v) is 5.55. The molecule has 2 aromatic carbocycles. The molecule has 0 atom stereocenters. The SMILES string of the molecule is Cc1ccc(-c2nc3c(N)cccc3[nH]2)cc1. The van der Waals surface area contributed by atoms with Crippen LogP contribution < -0.4 is 5.73 Å². The van der Waals surface area contributed by atoms with Crippen LogP contribution in [0.5, 0.6) is 0 Å².